The van der Waals surface area contributed by atoms with Crippen LogP contribution in [0.25, 0.3) is 0 Å². The van der Waals surface area contributed by atoms with Crippen LogP contribution in [0.3, 0.4) is 0 Å². The summed E-state index contributed by atoms with van der Waals surface area (Å²) < 4.78 is 13.9. The molecule has 0 radical (unpaired) electrons. The highest BCUT2D eigenvalue weighted by molar-refractivity contribution is 9.10. The first-order chi connectivity index (χ1) is 8.35. The number of hydrogen-bond acceptors (Lipinski definition) is 1. The maximum atomic E-state index is 13.1. The summed E-state index contributed by atoms with van der Waals surface area (Å²) in [5.41, 5.74) is 1.38. The lowest BCUT2D eigenvalue weighted by Gasteiger charge is -2.39. The van der Waals surface area contributed by atoms with E-state index in [1.165, 1.54) is 31.4 Å². The minimum Gasteiger partial charge on any atom is -0.381 e. The number of nitrogens with one attached hydrogen (secondary N) is 1. The third kappa shape index (κ3) is 3.47. The van der Waals surface area contributed by atoms with Gasteiger partial charge in [0, 0.05) is 16.2 Å². The monoisotopic (exact) mass is 313 g/mol. The molecule has 0 bridgehead atoms. The fourth-order valence-electron chi connectivity index (χ4n) is 3.28. The van der Waals surface area contributed by atoms with Crippen molar-refractivity contribution in [2.24, 2.45) is 11.3 Å². The highest BCUT2D eigenvalue weighted by Crippen LogP contribution is 2.40. The first-order valence-corrected chi connectivity index (χ1v) is 7.37. The Bertz CT molecular complexity index is 431. The molecule has 1 N–H and O–H groups in total. The number of benzene rings is 1. The molecule has 0 heterocycles. The fraction of sp³-hybridized carbons (Fsp3) is 0.600. The molecular formula is C15H21BrFN. The molecule has 18 heavy (non-hydrogen) atoms. The Kier molecular flexibility index (Phi) is 4.00. The molecule has 2 unspecified atom stereocenters. The molecule has 2 atom stereocenters. The number of halogens is 2. The molecule has 1 fully saturated rings. The summed E-state index contributed by atoms with van der Waals surface area (Å²) >= 11 is 3.42. The standard InChI is InChI=1S/C15H21BrFN/c1-10-6-12(9-15(2,3)8-10)18-14-5-4-11(17)7-13(14)16/h4-5,7,10,12,18H,6,8-9H2,1-3H3. The maximum absolute atomic E-state index is 13.1. The van der Waals surface area contributed by atoms with E-state index in [-0.39, 0.29) is 5.82 Å². The van der Waals surface area contributed by atoms with Gasteiger partial charge in [0.1, 0.15) is 5.82 Å². The zero-order chi connectivity index (χ0) is 13.3. The second-order valence-electron chi connectivity index (χ2n) is 6.38. The number of rotatable bonds is 2. The van der Waals surface area contributed by atoms with Gasteiger partial charge in [0.25, 0.3) is 0 Å². The maximum Gasteiger partial charge on any atom is 0.124 e. The van der Waals surface area contributed by atoms with Gasteiger partial charge in [-0.25, -0.2) is 4.39 Å². The van der Waals surface area contributed by atoms with Crippen molar-refractivity contribution in [2.45, 2.75) is 46.1 Å². The van der Waals surface area contributed by atoms with Gasteiger partial charge in [-0.2, -0.15) is 0 Å². The number of hydrogen-bond donors (Lipinski definition) is 1. The molecule has 1 aromatic rings. The van der Waals surface area contributed by atoms with Crippen molar-refractivity contribution in [3.8, 4) is 0 Å². The van der Waals surface area contributed by atoms with Crippen LogP contribution in [-0.4, -0.2) is 6.04 Å². The van der Waals surface area contributed by atoms with Crippen LogP contribution in [0.5, 0.6) is 0 Å². The van der Waals surface area contributed by atoms with Gasteiger partial charge in [0.15, 0.2) is 0 Å². The Hall–Kier alpha value is -0.570. The summed E-state index contributed by atoms with van der Waals surface area (Å²) in [6.45, 7) is 6.98. The van der Waals surface area contributed by atoms with Crippen molar-refractivity contribution in [2.75, 3.05) is 5.32 Å². The Balaban J connectivity index is 2.09. The van der Waals surface area contributed by atoms with E-state index in [2.05, 4.69) is 42.0 Å². The summed E-state index contributed by atoms with van der Waals surface area (Å²) in [5.74, 6) is 0.537. The fourth-order valence-corrected chi connectivity index (χ4v) is 3.75. The smallest absolute Gasteiger partial charge is 0.124 e. The average molecular weight is 314 g/mol. The van der Waals surface area contributed by atoms with E-state index in [9.17, 15) is 4.39 Å². The van der Waals surface area contributed by atoms with Gasteiger partial charge in [0.05, 0.1) is 0 Å². The van der Waals surface area contributed by atoms with Crippen LogP contribution in [0, 0.1) is 17.2 Å². The predicted octanol–water partition coefficient (Wildman–Crippen LogP) is 5.21. The van der Waals surface area contributed by atoms with Crippen LogP contribution in [0.4, 0.5) is 10.1 Å². The molecule has 0 aliphatic heterocycles. The minimum absolute atomic E-state index is 0.204. The van der Waals surface area contributed by atoms with E-state index in [1.807, 2.05) is 6.07 Å². The molecule has 0 amide bonds. The second-order valence-corrected chi connectivity index (χ2v) is 7.23. The largest absolute Gasteiger partial charge is 0.381 e. The summed E-state index contributed by atoms with van der Waals surface area (Å²) in [6, 6.07) is 5.31. The Morgan fingerprint density at radius 1 is 1.33 bits per heavy atom. The van der Waals surface area contributed by atoms with Gasteiger partial charge in [-0.3, -0.25) is 0 Å². The van der Waals surface area contributed by atoms with Gasteiger partial charge in [0.2, 0.25) is 0 Å². The molecule has 0 aromatic heterocycles. The van der Waals surface area contributed by atoms with Crippen LogP contribution in [0.2, 0.25) is 0 Å². The lowest BCUT2D eigenvalue weighted by molar-refractivity contribution is 0.178. The zero-order valence-electron chi connectivity index (χ0n) is 11.3. The van der Waals surface area contributed by atoms with Crippen LogP contribution in [0.15, 0.2) is 22.7 Å². The third-order valence-electron chi connectivity index (χ3n) is 3.68. The lowest BCUT2D eigenvalue weighted by atomic mass is 9.70. The SMILES string of the molecule is CC1CC(Nc2ccc(F)cc2Br)CC(C)(C)C1. The van der Waals surface area contributed by atoms with Crippen molar-refractivity contribution in [1.82, 2.24) is 0 Å². The minimum atomic E-state index is -0.204. The van der Waals surface area contributed by atoms with Crippen LogP contribution >= 0.6 is 15.9 Å². The van der Waals surface area contributed by atoms with Crippen molar-refractivity contribution >= 4 is 21.6 Å². The van der Waals surface area contributed by atoms with Gasteiger partial charge >= 0.3 is 0 Å². The molecule has 1 aliphatic carbocycles. The third-order valence-corrected chi connectivity index (χ3v) is 4.33. The summed E-state index contributed by atoms with van der Waals surface area (Å²) in [6.07, 6.45) is 3.64. The Morgan fingerprint density at radius 3 is 2.67 bits per heavy atom. The highest BCUT2D eigenvalue weighted by atomic mass is 79.9. The van der Waals surface area contributed by atoms with E-state index in [1.54, 1.807) is 0 Å². The summed E-state index contributed by atoms with van der Waals surface area (Å²) in [4.78, 5) is 0. The van der Waals surface area contributed by atoms with E-state index in [0.717, 1.165) is 16.1 Å². The first kappa shape index (κ1) is 13.9. The Labute approximate surface area is 117 Å². The second kappa shape index (κ2) is 5.20. The van der Waals surface area contributed by atoms with Crippen molar-refractivity contribution in [3.05, 3.63) is 28.5 Å². The molecule has 0 spiro atoms. The van der Waals surface area contributed by atoms with Crippen molar-refractivity contribution < 1.29 is 4.39 Å². The molecule has 1 saturated carbocycles. The topological polar surface area (TPSA) is 12.0 Å². The number of anilines is 1. The molecule has 3 heteroatoms. The molecule has 0 saturated heterocycles. The summed E-state index contributed by atoms with van der Waals surface area (Å²) in [7, 11) is 0. The van der Waals surface area contributed by atoms with Crippen LogP contribution in [0.1, 0.15) is 40.0 Å². The Morgan fingerprint density at radius 2 is 2.06 bits per heavy atom. The molecule has 100 valence electrons. The van der Waals surface area contributed by atoms with E-state index in [4.69, 9.17) is 0 Å². The zero-order valence-corrected chi connectivity index (χ0v) is 12.8. The van der Waals surface area contributed by atoms with Crippen LogP contribution < -0.4 is 5.32 Å². The van der Waals surface area contributed by atoms with Gasteiger partial charge in [-0.05, 0) is 64.7 Å². The van der Waals surface area contributed by atoms with Gasteiger partial charge in [-0.15, -0.1) is 0 Å². The lowest BCUT2D eigenvalue weighted by Crippen LogP contribution is -2.35. The van der Waals surface area contributed by atoms with E-state index < -0.39 is 0 Å². The quantitative estimate of drug-likeness (QED) is 0.789. The molecule has 1 aliphatic rings. The molecule has 1 aromatic carbocycles. The summed E-state index contributed by atoms with van der Waals surface area (Å²) in [5, 5.41) is 3.55. The predicted molar refractivity (Wildman–Crippen MR) is 78.3 cm³/mol. The van der Waals surface area contributed by atoms with Crippen LogP contribution in [-0.2, 0) is 0 Å². The van der Waals surface area contributed by atoms with Crippen molar-refractivity contribution in [3.63, 3.8) is 0 Å². The van der Waals surface area contributed by atoms with Gasteiger partial charge < -0.3 is 5.32 Å². The van der Waals surface area contributed by atoms with Gasteiger partial charge in [-0.1, -0.05) is 20.8 Å². The van der Waals surface area contributed by atoms with E-state index in [0.29, 0.717) is 11.5 Å². The molecular weight excluding hydrogens is 293 g/mol. The van der Waals surface area contributed by atoms with E-state index >= 15 is 0 Å². The van der Waals surface area contributed by atoms with Crippen molar-refractivity contribution in [1.29, 1.82) is 0 Å². The normalized spacial score (nSPS) is 26.9. The molecule has 2 rings (SSSR count). The molecule has 1 nitrogen and oxygen atoms in total. The first-order valence-electron chi connectivity index (χ1n) is 6.57. The average Bonchev–Trinajstić information content (AvgIpc) is 2.19. The highest BCUT2D eigenvalue weighted by Gasteiger charge is 2.32.